The van der Waals surface area contributed by atoms with Crippen molar-refractivity contribution in [1.82, 2.24) is 15.1 Å². The van der Waals surface area contributed by atoms with Crippen molar-refractivity contribution >= 4 is 5.91 Å². The Morgan fingerprint density at radius 1 is 1.38 bits per heavy atom. The van der Waals surface area contributed by atoms with E-state index in [0.29, 0.717) is 31.4 Å². The topological polar surface area (TPSA) is 69.2 Å². The minimum absolute atomic E-state index is 0.0213. The van der Waals surface area contributed by atoms with Crippen LogP contribution in [0, 0.1) is 19.7 Å². The number of aromatic amines is 1. The summed E-state index contributed by atoms with van der Waals surface area (Å²) in [6.07, 6.45) is 1.49. The molecule has 1 aromatic heterocycles. The molecule has 6 heteroatoms. The Kier molecular flexibility index (Phi) is 4.41. The van der Waals surface area contributed by atoms with Crippen LogP contribution in [0.15, 0.2) is 24.3 Å². The van der Waals surface area contributed by atoms with Crippen LogP contribution in [0.2, 0.25) is 0 Å². The van der Waals surface area contributed by atoms with Crippen molar-refractivity contribution in [2.75, 3.05) is 13.1 Å². The van der Waals surface area contributed by atoms with Crippen LogP contribution in [0.5, 0.6) is 0 Å². The highest BCUT2D eigenvalue weighted by Gasteiger charge is 2.39. The van der Waals surface area contributed by atoms with Gasteiger partial charge < -0.3 is 10.0 Å². The van der Waals surface area contributed by atoms with E-state index in [-0.39, 0.29) is 18.3 Å². The van der Waals surface area contributed by atoms with Crippen molar-refractivity contribution < 1.29 is 14.3 Å². The van der Waals surface area contributed by atoms with Gasteiger partial charge in [0.05, 0.1) is 12.2 Å². The standard InChI is InChI=1S/C18H22FN3O2/c1-12-16(13(2)21-20-12)7-8-17(23)22-10-9-18(24,11-22)14-3-5-15(19)6-4-14/h3-6,24H,7-11H2,1-2H3,(H,20,21). The van der Waals surface area contributed by atoms with Crippen LogP contribution in [0.3, 0.4) is 0 Å². The Hall–Kier alpha value is -2.21. The maximum absolute atomic E-state index is 13.0. The number of amides is 1. The Morgan fingerprint density at radius 3 is 2.71 bits per heavy atom. The maximum atomic E-state index is 13.0. The molecular formula is C18H22FN3O2. The molecule has 1 aliphatic rings. The van der Waals surface area contributed by atoms with Crippen molar-refractivity contribution in [3.05, 3.63) is 52.6 Å². The molecule has 2 aromatic rings. The minimum atomic E-state index is -1.09. The van der Waals surface area contributed by atoms with Crippen LogP contribution in [-0.4, -0.2) is 39.2 Å². The third kappa shape index (κ3) is 3.19. The largest absolute Gasteiger partial charge is 0.383 e. The normalized spacial score (nSPS) is 20.6. The lowest BCUT2D eigenvalue weighted by molar-refractivity contribution is -0.131. The number of rotatable bonds is 4. The molecule has 5 nitrogen and oxygen atoms in total. The Bertz CT molecular complexity index is 722. The highest BCUT2D eigenvalue weighted by molar-refractivity contribution is 5.77. The molecule has 128 valence electrons. The molecule has 1 aliphatic heterocycles. The van der Waals surface area contributed by atoms with Gasteiger partial charge in [-0.2, -0.15) is 5.10 Å². The number of hydrogen-bond donors (Lipinski definition) is 2. The number of aliphatic hydroxyl groups is 1. The summed E-state index contributed by atoms with van der Waals surface area (Å²) < 4.78 is 13.0. The number of β-amino-alcohol motifs (C(OH)–C–C–N with tert-alkyl or cyclic N) is 1. The number of aromatic nitrogens is 2. The van der Waals surface area contributed by atoms with Gasteiger partial charge in [-0.25, -0.2) is 4.39 Å². The molecule has 1 amide bonds. The van der Waals surface area contributed by atoms with E-state index in [0.717, 1.165) is 17.0 Å². The molecule has 0 aliphatic carbocycles. The summed E-state index contributed by atoms with van der Waals surface area (Å²) in [5, 5.41) is 17.8. The predicted molar refractivity (Wildman–Crippen MR) is 87.9 cm³/mol. The third-order valence-electron chi connectivity index (χ3n) is 4.85. The van der Waals surface area contributed by atoms with Crippen molar-refractivity contribution in [3.8, 4) is 0 Å². The van der Waals surface area contributed by atoms with Crippen molar-refractivity contribution in [1.29, 1.82) is 0 Å². The SMILES string of the molecule is Cc1n[nH]c(C)c1CCC(=O)N1CCC(O)(c2ccc(F)cc2)C1. The molecular weight excluding hydrogens is 309 g/mol. The molecule has 0 radical (unpaired) electrons. The first-order valence-corrected chi connectivity index (χ1v) is 8.16. The number of likely N-dealkylation sites (tertiary alicyclic amines) is 1. The fraction of sp³-hybridized carbons (Fsp3) is 0.444. The number of halogens is 1. The monoisotopic (exact) mass is 331 g/mol. The van der Waals surface area contributed by atoms with Crippen LogP contribution in [-0.2, 0) is 16.8 Å². The Morgan fingerprint density at radius 2 is 2.08 bits per heavy atom. The number of nitrogens with zero attached hydrogens (tertiary/aromatic N) is 2. The highest BCUT2D eigenvalue weighted by atomic mass is 19.1. The van der Waals surface area contributed by atoms with Crippen molar-refractivity contribution in [2.45, 2.75) is 38.7 Å². The summed E-state index contributed by atoms with van der Waals surface area (Å²) in [4.78, 5) is 14.1. The number of carbonyl (C=O) groups is 1. The van der Waals surface area contributed by atoms with E-state index >= 15 is 0 Å². The van der Waals surface area contributed by atoms with Gasteiger partial charge in [0.1, 0.15) is 11.4 Å². The Balaban J connectivity index is 1.62. The molecule has 0 bridgehead atoms. The molecule has 0 spiro atoms. The van der Waals surface area contributed by atoms with E-state index in [1.54, 1.807) is 17.0 Å². The number of nitrogens with one attached hydrogen (secondary N) is 1. The number of carbonyl (C=O) groups excluding carboxylic acids is 1. The first-order valence-electron chi connectivity index (χ1n) is 8.16. The number of hydrogen-bond acceptors (Lipinski definition) is 3. The first kappa shape index (κ1) is 16.6. The smallest absolute Gasteiger partial charge is 0.223 e. The van der Waals surface area contributed by atoms with Gasteiger partial charge in [0, 0.05) is 18.7 Å². The molecule has 24 heavy (non-hydrogen) atoms. The van der Waals surface area contributed by atoms with Crippen LogP contribution >= 0.6 is 0 Å². The maximum Gasteiger partial charge on any atom is 0.223 e. The van der Waals surface area contributed by atoms with Crippen LogP contribution in [0.25, 0.3) is 0 Å². The van der Waals surface area contributed by atoms with E-state index in [4.69, 9.17) is 0 Å². The zero-order valence-corrected chi connectivity index (χ0v) is 14.0. The van der Waals surface area contributed by atoms with E-state index in [2.05, 4.69) is 10.2 Å². The first-order chi connectivity index (χ1) is 11.4. The van der Waals surface area contributed by atoms with E-state index in [1.165, 1.54) is 12.1 Å². The molecule has 1 atom stereocenters. The second-order valence-corrected chi connectivity index (χ2v) is 6.52. The predicted octanol–water partition coefficient (Wildman–Crippen LogP) is 2.22. The van der Waals surface area contributed by atoms with Gasteiger partial charge in [0.2, 0.25) is 5.91 Å². The van der Waals surface area contributed by atoms with E-state index in [1.807, 2.05) is 13.8 Å². The quantitative estimate of drug-likeness (QED) is 0.902. The van der Waals surface area contributed by atoms with Gasteiger partial charge >= 0.3 is 0 Å². The minimum Gasteiger partial charge on any atom is -0.383 e. The summed E-state index contributed by atoms with van der Waals surface area (Å²) in [5.74, 6) is -0.313. The average Bonchev–Trinajstić information content (AvgIpc) is 3.10. The summed E-state index contributed by atoms with van der Waals surface area (Å²) in [6, 6.07) is 5.84. The zero-order chi connectivity index (χ0) is 17.3. The second-order valence-electron chi connectivity index (χ2n) is 6.52. The van der Waals surface area contributed by atoms with Crippen molar-refractivity contribution in [3.63, 3.8) is 0 Å². The van der Waals surface area contributed by atoms with Crippen LogP contribution in [0.1, 0.15) is 35.4 Å². The lowest BCUT2D eigenvalue weighted by atomic mass is 9.93. The molecule has 2 N–H and O–H groups in total. The fourth-order valence-electron chi connectivity index (χ4n) is 3.33. The molecule has 1 aromatic carbocycles. The van der Waals surface area contributed by atoms with E-state index < -0.39 is 5.60 Å². The van der Waals surface area contributed by atoms with Gasteiger partial charge in [-0.3, -0.25) is 9.89 Å². The molecule has 2 heterocycles. The van der Waals surface area contributed by atoms with Gasteiger partial charge in [-0.05, 0) is 49.9 Å². The van der Waals surface area contributed by atoms with E-state index in [9.17, 15) is 14.3 Å². The van der Waals surface area contributed by atoms with Crippen LogP contribution < -0.4 is 0 Å². The van der Waals surface area contributed by atoms with Gasteiger partial charge in [-0.15, -0.1) is 0 Å². The number of benzene rings is 1. The average molecular weight is 331 g/mol. The fourth-order valence-corrected chi connectivity index (χ4v) is 3.33. The van der Waals surface area contributed by atoms with Crippen LogP contribution in [0.4, 0.5) is 4.39 Å². The summed E-state index contributed by atoms with van der Waals surface area (Å²) in [6.45, 7) is 4.63. The Labute approximate surface area is 140 Å². The van der Waals surface area contributed by atoms with Crippen molar-refractivity contribution in [2.24, 2.45) is 0 Å². The number of aryl methyl sites for hydroxylation is 2. The van der Waals surface area contributed by atoms with Gasteiger partial charge in [-0.1, -0.05) is 12.1 Å². The lowest BCUT2D eigenvalue weighted by Gasteiger charge is -2.24. The summed E-state index contributed by atoms with van der Waals surface area (Å²) in [7, 11) is 0. The summed E-state index contributed by atoms with van der Waals surface area (Å²) in [5.41, 5.74) is 2.55. The highest BCUT2D eigenvalue weighted by Crippen LogP contribution is 2.32. The molecule has 1 saturated heterocycles. The molecule has 0 saturated carbocycles. The lowest BCUT2D eigenvalue weighted by Crippen LogP contribution is -2.34. The third-order valence-corrected chi connectivity index (χ3v) is 4.85. The molecule has 3 rings (SSSR count). The zero-order valence-electron chi connectivity index (χ0n) is 14.0. The van der Waals surface area contributed by atoms with Gasteiger partial charge in [0.25, 0.3) is 0 Å². The number of H-pyrrole nitrogens is 1. The second kappa shape index (κ2) is 6.36. The molecule has 1 unspecified atom stereocenters. The summed E-state index contributed by atoms with van der Waals surface area (Å²) >= 11 is 0. The molecule has 1 fully saturated rings. The van der Waals surface area contributed by atoms with Gasteiger partial charge in [0.15, 0.2) is 0 Å².